The van der Waals surface area contributed by atoms with Crippen LogP contribution in [0.5, 0.6) is 0 Å². The topological polar surface area (TPSA) is 91.8 Å². The van der Waals surface area contributed by atoms with Gasteiger partial charge in [0.1, 0.15) is 16.9 Å². The average molecular weight is 436 g/mol. The maximum atomic E-state index is 12.9. The average Bonchev–Trinajstić information content (AvgIpc) is 2.98. The Bertz CT molecular complexity index is 724. The molecule has 1 atom stereocenters. The number of nitrogens with one attached hydrogen (secondary N) is 1. The fraction of sp³-hybridized carbons (Fsp3) is 0.682. The summed E-state index contributed by atoms with van der Waals surface area (Å²) < 4.78 is 4.97. The number of ether oxygens (including phenoxy) is 1. The fourth-order valence-electron chi connectivity index (χ4n) is 4.15. The van der Waals surface area contributed by atoms with E-state index in [9.17, 15) is 9.59 Å². The lowest BCUT2D eigenvalue weighted by Crippen LogP contribution is -2.36. The maximum Gasteiger partial charge on any atom is 0.506 e. The van der Waals surface area contributed by atoms with Crippen LogP contribution in [0.15, 0.2) is 17.2 Å². The molecule has 1 amide bonds. The summed E-state index contributed by atoms with van der Waals surface area (Å²) in [5.74, 6) is 1.73. The minimum atomic E-state index is -1.21. The van der Waals surface area contributed by atoms with Crippen LogP contribution in [0, 0.1) is 0 Å². The van der Waals surface area contributed by atoms with E-state index in [0.29, 0.717) is 18.5 Å². The monoisotopic (exact) mass is 435 g/mol. The van der Waals surface area contributed by atoms with Gasteiger partial charge in [0.25, 0.3) is 5.91 Å². The largest absolute Gasteiger partial charge is 0.506 e. The summed E-state index contributed by atoms with van der Waals surface area (Å²) in [4.78, 5) is 30.8. The van der Waals surface area contributed by atoms with Crippen molar-refractivity contribution in [1.29, 1.82) is 0 Å². The molecule has 7 nitrogen and oxygen atoms in total. The highest BCUT2D eigenvalue weighted by molar-refractivity contribution is 7.99. The van der Waals surface area contributed by atoms with Crippen LogP contribution in [0.4, 0.5) is 10.6 Å². The molecule has 1 aromatic rings. The molecule has 0 spiro atoms. The lowest BCUT2D eigenvalue weighted by molar-refractivity contribution is 0.0470. The van der Waals surface area contributed by atoms with Crippen LogP contribution < -0.4 is 10.2 Å². The van der Waals surface area contributed by atoms with E-state index in [4.69, 9.17) is 14.8 Å². The van der Waals surface area contributed by atoms with E-state index in [1.165, 1.54) is 19.3 Å². The third-order valence-electron chi connectivity index (χ3n) is 5.74. The molecule has 1 aliphatic carbocycles. The summed E-state index contributed by atoms with van der Waals surface area (Å²) in [7, 11) is 0. The Hall–Kier alpha value is -1.96. The van der Waals surface area contributed by atoms with Gasteiger partial charge < -0.3 is 20.1 Å². The lowest BCUT2D eigenvalue weighted by atomic mass is 9.95. The van der Waals surface area contributed by atoms with Gasteiger partial charge >= 0.3 is 6.16 Å². The number of thioether (sulfide) groups is 1. The summed E-state index contributed by atoms with van der Waals surface area (Å²) in [5, 5.41) is 12.9. The van der Waals surface area contributed by atoms with Crippen molar-refractivity contribution in [3.8, 4) is 0 Å². The predicted molar refractivity (Wildman–Crippen MR) is 119 cm³/mol. The molecule has 0 aromatic carbocycles. The number of nitrogens with zero attached hydrogens (tertiary/aromatic N) is 2. The van der Waals surface area contributed by atoms with Crippen molar-refractivity contribution in [1.82, 2.24) is 10.3 Å². The van der Waals surface area contributed by atoms with Crippen LogP contribution in [0.1, 0.15) is 75.1 Å². The first kappa shape index (κ1) is 22.7. The quantitative estimate of drug-likeness (QED) is 0.474. The molecule has 8 heteroatoms. The standard InChI is InChI=1S/C22H33N3O4S/c1-2-15-30-21-18(20(26)23-16-7-4-3-5-8-16)10-11-19(24-21)25-13-6-9-17(12-14-25)29-22(27)28/h10-11,16-17H,2-9,12-15H2,1H3,(H,23,26)(H,27,28). The molecule has 2 N–H and O–H groups in total. The van der Waals surface area contributed by atoms with Gasteiger partial charge in [-0.15, -0.1) is 11.8 Å². The molecule has 30 heavy (non-hydrogen) atoms. The van der Waals surface area contributed by atoms with Gasteiger partial charge in [-0.2, -0.15) is 0 Å². The number of amides is 1. The van der Waals surface area contributed by atoms with E-state index in [-0.39, 0.29) is 18.1 Å². The predicted octanol–water partition coefficient (Wildman–Crippen LogP) is 4.70. The maximum absolute atomic E-state index is 12.9. The molecule has 1 saturated carbocycles. The minimum Gasteiger partial charge on any atom is -0.450 e. The Morgan fingerprint density at radius 2 is 1.97 bits per heavy atom. The molecular weight excluding hydrogens is 402 g/mol. The summed E-state index contributed by atoms with van der Waals surface area (Å²) in [6.45, 7) is 3.62. The van der Waals surface area contributed by atoms with E-state index < -0.39 is 6.16 Å². The molecule has 1 saturated heterocycles. The van der Waals surface area contributed by atoms with Crippen molar-refractivity contribution in [2.45, 2.75) is 81.9 Å². The van der Waals surface area contributed by atoms with Gasteiger partial charge in [-0.05, 0) is 50.0 Å². The fourth-order valence-corrected chi connectivity index (χ4v) is 5.03. The van der Waals surface area contributed by atoms with Gasteiger partial charge in [0.15, 0.2) is 0 Å². The molecule has 0 bridgehead atoms. The first-order valence-electron chi connectivity index (χ1n) is 11.2. The zero-order valence-electron chi connectivity index (χ0n) is 17.8. The normalized spacial score (nSPS) is 20.4. The highest BCUT2D eigenvalue weighted by Crippen LogP contribution is 2.27. The number of carboxylic acid groups (broad SMARTS) is 1. The molecule has 1 aliphatic heterocycles. The SMILES string of the molecule is CCCSc1nc(N2CCCC(OC(=O)O)CC2)ccc1C(=O)NC1CCCCC1. The van der Waals surface area contributed by atoms with Gasteiger partial charge in [-0.1, -0.05) is 26.2 Å². The summed E-state index contributed by atoms with van der Waals surface area (Å²) in [6.07, 6.45) is 7.50. The molecule has 2 aliphatic rings. The van der Waals surface area contributed by atoms with Crippen molar-refractivity contribution < 1.29 is 19.4 Å². The van der Waals surface area contributed by atoms with Crippen LogP contribution >= 0.6 is 11.8 Å². The number of rotatable bonds is 7. The molecule has 2 heterocycles. The second kappa shape index (κ2) is 11.4. The summed E-state index contributed by atoms with van der Waals surface area (Å²) >= 11 is 1.63. The molecule has 3 rings (SSSR count). The van der Waals surface area contributed by atoms with Gasteiger partial charge in [0, 0.05) is 25.6 Å². The second-order valence-electron chi connectivity index (χ2n) is 8.10. The van der Waals surface area contributed by atoms with E-state index >= 15 is 0 Å². The van der Waals surface area contributed by atoms with E-state index in [1.54, 1.807) is 11.8 Å². The molecule has 1 aromatic heterocycles. The number of carbonyl (C=O) groups is 2. The first-order valence-corrected chi connectivity index (χ1v) is 12.1. The zero-order valence-corrected chi connectivity index (χ0v) is 18.6. The number of carbonyl (C=O) groups excluding carboxylic acids is 1. The zero-order chi connectivity index (χ0) is 21.3. The van der Waals surface area contributed by atoms with Crippen molar-refractivity contribution in [3.05, 3.63) is 17.7 Å². The number of hydrogen-bond donors (Lipinski definition) is 2. The third kappa shape index (κ3) is 6.52. The van der Waals surface area contributed by atoms with Gasteiger partial charge in [-0.25, -0.2) is 9.78 Å². The van der Waals surface area contributed by atoms with Crippen molar-refractivity contribution in [2.75, 3.05) is 23.7 Å². The van der Waals surface area contributed by atoms with Crippen molar-refractivity contribution in [2.24, 2.45) is 0 Å². The summed E-state index contributed by atoms with van der Waals surface area (Å²) in [5.41, 5.74) is 0.657. The lowest BCUT2D eigenvalue weighted by Gasteiger charge is -2.24. The highest BCUT2D eigenvalue weighted by atomic mass is 32.2. The van der Waals surface area contributed by atoms with E-state index in [0.717, 1.165) is 55.2 Å². The Morgan fingerprint density at radius 3 is 2.70 bits per heavy atom. The highest BCUT2D eigenvalue weighted by Gasteiger charge is 2.23. The Kier molecular flexibility index (Phi) is 8.66. The molecular formula is C22H33N3O4S. The van der Waals surface area contributed by atoms with Gasteiger partial charge in [-0.3, -0.25) is 4.79 Å². The number of aromatic nitrogens is 1. The molecule has 0 radical (unpaired) electrons. The molecule has 2 fully saturated rings. The van der Waals surface area contributed by atoms with Crippen LogP contribution in [-0.2, 0) is 4.74 Å². The van der Waals surface area contributed by atoms with Crippen LogP contribution in [0.25, 0.3) is 0 Å². The van der Waals surface area contributed by atoms with Gasteiger partial charge in [0.05, 0.1) is 5.56 Å². The van der Waals surface area contributed by atoms with Crippen molar-refractivity contribution in [3.63, 3.8) is 0 Å². The number of pyridine rings is 1. The first-order chi connectivity index (χ1) is 14.6. The molecule has 166 valence electrons. The van der Waals surface area contributed by atoms with E-state index in [1.807, 2.05) is 12.1 Å². The van der Waals surface area contributed by atoms with Gasteiger partial charge in [0.2, 0.25) is 0 Å². The Balaban J connectivity index is 1.71. The Morgan fingerprint density at radius 1 is 1.17 bits per heavy atom. The number of hydrogen-bond acceptors (Lipinski definition) is 6. The van der Waals surface area contributed by atoms with Crippen LogP contribution in [0.3, 0.4) is 0 Å². The third-order valence-corrected chi connectivity index (χ3v) is 6.94. The number of anilines is 1. The van der Waals surface area contributed by atoms with Crippen molar-refractivity contribution >= 4 is 29.6 Å². The van der Waals surface area contributed by atoms with Crippen LogP contribution in [-0.4, -0.2) is 53.1 Å². The summed E-state index contributed by atoms with van der Waals surface area (Å²) in [6, 6.07) is 4.09. The second-order valence-corrected chi connectivity index (χ2v) is 9.19. The smallest absolute Gasteiger partial charge is 0.450 e. The van der Waals surface area contributed by atoms with Crippen LogP contribution in [0.2, 0.25) is 0 Å². The minimum absolute atomic E-state index is 0.0228. The Labute approximate surface area is 183 Å². The van der Waals surface area contributed by atoms with E-state index in [2.05, 4.69) is 17.1 Å². The molecule has 1 unspecified atom stereocenters.